The smallest absolute Gasteiger partial charge is 0.270 e. The van der Waals surface area contributed by atoms with Gasteiger partial charge < -0.3 is 9.47 Å². The van der Waals surface area contributed by atoms with Crippen molar-refractivity contribution < 1.29 is 19.2 Å². The number of non-ortho nitro benzene ring substituents is 1. The molecule has 0 amide bonds. The SMILES string of the molecule is COCCOc1ccc(C(=O)C=Cc2cc([N+](=O)[O-])ccc2Cl)cc1. The van der Waals surface area contributed by atoms with Gasteiger partial charge in [0.2, 0.25) is 0 Å². The number of ether oxygens (including phenoxy) is 2. The minimum Gasteiger partial charge on any atom is -0.491 e. The monoisotopic (exact) mass is 361 g/mol. The third-order valence-electron chi connectivity index (χ3n) is 3.30. The molecule has 0 bridgehead atoms. The number of nitrogens with zero attached hydrogens (tertiary/aromatic N) is 1. The van der Waals surface area contributed by atoms with Crippen molar-refractivity contribution in [3.05, 3.63) is 74.8 Å². The van der Waals surface area contributed by atoms with Gasteiger partial charge in [0.25, 0.3) is 5.69 Å². The topological polar surface area (TPSA) is 78.7 Å². The summed E-state index contributed by atoms with van der Waals surface area (Å²) in [5.74, 6) is 0.394. The summed E-state index contributed by atoms with van der Waals surface area (Å²) >= 11 is 6.00. The Bertz CT molecular complexity index is 787. The summed E-state index contributed by atoms with van der Waals surface area (Å²) in [6, 6.07) is 10.7. The van der Waals surface area contributed by atoms with Gasteiger partial charge in [0.15, 0.2) is 5.78 Å². The summed E-state index contributed by atoms with van der Waals surface area (Å²) in [6.45, 7) is 0.905. The maximum Gasteiger partial charge on any atom is 0.270 e. The average Bonchev–Trinajstić information content (AvgIpc) is 2.61. The molecule has 6 nitrogen and oxygen atoms in total. The number of benzene rings is 2. The maximum atomic E-state index is 12.2. The van der Waals surface area contributed by atoms with Gasteiger partial charge in [-0.2, -0.15) is 0 Å². The first-order chi connectivity index (χ1) is 12.0. The van der Waals surface area contributed by atoms with Crippen LogP contribution in [0.3, 0.4) is 0 Å². The first kappa shape index (κ1) is 18.6. The molecule has 2 aromatic rings. The van der Waals surface area contributed by atoms with Gasteiger partial charge in [-0.25, -0.2) is 0 Å². The number of carbonyl (C=O) groups is 1. The molecule has 0 unspecified atom stereocenters. The normalized spacial score (nSPS) is 10.8. The van der Waals surface area contributed by atoms with Crippen molar-refractivity contribution in [2.75, 3.05) is 20.3 Å². The van der Waals surface area contributed by atoms with Crippen molar-refractivity contribution >= 4 is 29.1 Å². The number of halogens is 1. The summed E-state index contributed by atoms with van der Waals surface area (Å²) in [7, 11) is 1.59. The Morgan fingerprint density at radius 1 is 1.20 bits per heavy atom. The second kappa shape index (κ2) is 8.96. The van der Waals surface area contributed by atoms with Gasteiger partial charge in [-0.1, -0.05) is 11.6 Å². The number of ketones is 1. The van der Waals surface area contributed by atoms with E-state index in [0.717, 1.165) is 0 Å². The Kier molecular flexibility index (Phi) is 6.68. The summed E-state index contributed by atoms with van der Waals surface area (Å²) in [5.41, 5.74) is 0.787. The molecule has 0 N–H and O–H groups in total. The first-order valence-corrected chi connectivity index (χ1v) is 7.77. The minimum atomic E-state index is -0.516. The van der Waals surface area contributed by atoms with Crippen molar-refractivity contribution in [3.8, 4) is 5.75 Å². The molecule has 130 valence electrons. The number of allylic oxidation sites excluding steroid dienone is 1. The molecular weight excluding hydrogens is 346 g/mol. The van der Waals surface area contributed by atoms with E-state index in [-0.39, 0.29) is 11.5 Å². The zero-order valence-electron chi connectivity index (χ0n) is 13.5. The summed E-state index contributed by atoms with van der Waals surface area (Å²) in [4.78, 5) is 22.5. The maximum absolute atomic E-state index is 12.2. The van der Waals surface area contributed by atoms with E-state index in [1.54, 1.807) is 31.4 Å². The van der Waals surface area contributed by atoms with Gasteiger partial charge in [0.1, 0.15) is 12.4 Å². The van der Waals surface area contributed by atoms with Crippen molar-refractivity contribution in [2.24, 2.45) is 0 Å². The lowest BCUT2D eigenvalue weighted by Crippen LogP contribution is -2.04. The second-order valence-electron chi connectivity index (χ2n) is 5.03. The van der Waals surface area contributed by atoms with Gasteiger partial charge in [-0.3, -0.25) is 14.9 Å². The molecule has 2 aromatic carbocycles. The number of nitro benzene ring substituents is 1. The molecule has 0 aliphatic rings. The average molecular weight is 362 g/mol. The molecule has 0 saturated carbocycles. The Morgan fingerprint density at radius 2 is 1.92 bits per heavy atom. The van der Waals surface area contributed by atoms with Crippen molar-refractivity contribution in [3.63, 3.8) is 0 Å². The predicted octanol–water partition coefficient (Wildman–Crippen LogP) is 4.17. The molecule has 0 saturated heterocycles. The molecule has 7 heteroatoms. The highest BCUT2D eigenvalue weighted by atomic mass is 35.5. The Hall–Kier alpha value is -2.70. The number of hydrogen-bond donors (Lipinski definition) is 0. The molecule has 0 aliphatic heterocycles. The molecule has 0 heterocycles. The number of hydrogen-bond acceptors (Lipinski definition) is 5. The van der Waals surface area contributed by atoms with E-state index in [1.807, 2.05) is 0 Å². The first-order valence-electron chi connectivity index (χ1n) is 7.39. The quantitative estimate of drug-likeness (QED) is 0.232. The Labute approximate surface area is 149 Å². The van der Waals surface area contributed by atoms with Crippen LogP contribution in [0.1, 0.15) is 15.9 Å². The lowest BCUT2D eigenvalue weighted by Gasteiger charge is -2.05. The number of nitro groups is 1. The molecule has 0 aromatic heterocycles. The largest absolute Gasteiger partial charge is 0.491 e. The van der Waals surface area contributed by atoms with Gasteiger partial charge in [0.05, 0.1) is 11.5 Å². The van der Waals surface area contributed by atoms with Crippen molar-refractivity contribution in [2.45, 2.75) is 0 Å². The molecule has 0 spiro atoms. The standard InChI is InChI=1S/C18H16ClNO5/c1-24-10-11-25-16-6-2-13(3-7-16)18(21)9-4-14-12-15(20(22)23)5-8-17(14)19/h2-9,12H,10-11H2,1H3. The fraction of sp³-hybridized carbons (Fsp3) is 0.167. The van der Waals surface area contributed by atoms with Crippen LogP contribution in [0.2, 0.25) is 5.02 Å². The van der Waals surface area contributed by atoms with Crippen molar-refractivity contribution in [1.29, 1.82) is 0 Å². The number of carbonyl (C=O) groups excluding carboxylic acids is 1. The van der Waals surface area contributed by atoms with Crippen LogP contribution in [-0.4, -0.2) is 31.0 Å². The van der Waals surface area contributed by atoms with E-state index in [2.05, 4.69) is 0 Å². The lowest BCUT2D eigenvalue weighted by molar-refractivity contribution is -0.384. The second-order valence-corrected chi connectivity index (χ2v) is 5.43. The molecular formula is C18H16ClNO5. The van der Waals surface area contributed by atoms with Crippen LogP contribution in [-0.2, 0) is 4.74 Å². The number of rotatable bonds is 8. The van der Waals surface area contributed by atoms with Crippen LogP contribution in [0.4, 0.5) is 5.69 Å². The predicted molar refractivity (Wildman–Crippen MR) is 95.3 cm³/mol. The van der Waals surface area contributed by atoms with E-state index in [0.29, 0.717) is 35.1 Å². The molecule has 0 fully saturated rings. The van der Waals surface area contributed by atoms with Crippen molar-refractivity contribution in [1.82, 2.24) is 0 Å². The van der Waals surface area contributed by atoms with Crippen LogP contribution in [0, 0.1) is 10.1 Å². The van der Waals surface area contributed by atoms with Crippen LogP contribution in [0.5, 0.6) is 5.75 Å². The van der Waals surface area contributed by atoms with Crippen LogP contribution in [0.15, 0.2) is 48.5 Å². The third-order valence-corrected chi connectivity index (χ3v) is 3.64. The zero-order chi connectivity index (χ0) is 18.2. The highest BCUT2D eigenvalue weighted by Gasteiger charge is 2.09. The molecule has 0 atom stereocenters. The van der Waals surface area contributed by atoms with E-state index in [9.17, 15) is 14.9 Å². The highest BCUT2D eigenvalue weighted by Crippen LogP contribution is 2.23. The van der Waals surface area contributed by atoms with Crippen LogP contribution < -0.4 is 4.74 Å². The fourth-order valence-electron chi connectivity index (χ4n) is 1.99. The third kappa shape index (κ3) is 5.41. The van der Waals surface area contributed by atoms with Gasteiger partial charge in [-0.15, -0.1) is 0 Å². The Morgan fingerprint density at radius 3 is 2.56 bits per heavy atom. The Balaban J connectivity index is 2.07. The fourth-order valence-corrected chi connectivity index (χ4v) is 2.17. The molecule has 0 radical (unpaired) electrons. The van der Waals surface area contributed by atoms with Crippen LogP contribution in [0.25, 0.3) is 6.08 Å². The van der Waals surface area contributed by atoms with Gasteiger partial charge in [0, 0.05) is 29.8 Å². The summed E-state index contributed by atoms with van der Waals surface area (Å²) in [5, 5.41) is 11.1. The van der Waals surface area contributed by atoms with Crippen LogP contribution >= 0.6 is 11.6 Å². The number of methoxy groups -OCH3 is 1. The van der Waals surface area contributed by atoms with E-state index in [1.165, 1.54) is 30.4 Å². The molecule has 0 aliphatic carbocycles. The van der Waals surface area contributed by atoms with E-state index in [4.69, 9.17) is 21.1 Å². The summed E-state index contributed by atoms with van der Waals surface area (Å²) < 4.78 is 10.3. The minimum absolute atomic E-state index is 0.0888. The molecule has 2 rings (SSSR count). The molecule has 25 heavy (non-hydrogen) atoms. The highest BCUT2D eigenvalue weighted by molar-refractivity contribution is 6.32. The zero-order valence-corrected chi connectivity index (χ0v) is 14.2. The summed E-state index contributed by atoms with van der Waals surface area (Å²) in [6.07, 6.45) is 2.78. The van der Waals surface area contributed by atoms with Gasteiger partial charge in [-0.05, 0) is 48.0 Å². The lowest BCUT2D eigenvalue weighted by atomic mass is 10.1. The van der Waals surface area contributed by atoms with Gasteiger partial charge >= 0.3 is 0 Å². The van der Waals surface area contributed by atoms with E-state index < -0.39 is 4.92 Å². The van der Waals surface area contributed by atoms with E-state index >= 15 is 0 Å².